The van der Waals surface area contributed by atoms with Crippen LogP contribution in [0.5, 0.6) is 0 Å². The molecule has 18 heavy (non-hydrogen) atoms. The van der Waals surface area contributed by atoms with E-state index in [4.69, 9.17) is 0 Å². The van der Waals surface area contributed by atoms with Crippen molar-refractivity contribution >= 4 is 5.69 Å². The molecule has 4 rings (SSSR count). The van der Waals surface area contributed by atoms with Gasteiger partial charge in [-0.3, -0.25) is 0 Å². The van der Waals surface area contributed by atoms with Crippen LogP contribution in [0.1, 0.15) is 49.3 Å². The molecule has 1 aliphatic carbocycles. The quantitative estimate of drug-likeness (QED) is 0.814. The number of benzene rings is 1. The molecule has 0 unspecified atom stereocenters. The molecule has 2 nitrogen and oxygen atoms in total. The van der Waals surface area contributed by atoms with Gasteiger partial charge in [-0.1, -0.05) is 26.0 Å². The predicted octanol–water partition coefficient (Wildman–Crippen LogP) is 2.76. The molecular formula is C16H22N2. The van der Waals surface area contributed by atoms with Gasteiger partial charge < -0.3 is 10.2 Å². The zero-order valence-corrected chi connectivity index (χ0v) is 11.4. The standard InChI is InChI=1S/C16H22N2/c1-16(2)10-18-6-5-17-9-13-7-12(11-3-4-11)8-14(16)15(13)18/h7-8,11,17H,3-6,9-10H2,1-2H3. The highest BCUT2D eigenvalue weighted by molar-refractivity contribution is 5.68. The molecule has 0 radical (unpaired) electrons. The van der Waals surface area contributed by atoms with Gasteiger partial charge in [0.15, 0.2) is 0 Å². The van der Waals surface area contributed by atoms with E-state index in [-0.39, 0.29) is 0 Å². The van der Waals surface area contributed by atoms with E-state index in [1.807, 2.05) is 0 Å². The summed E-state index contributed by atoms with van der Waals surface area (Å²) in [5.41, 5.74) is 6.62. The largest absolute Gasteiger partial charge is 0.369 e. The van der Waals surface area contributed by atoms with Gasteiger partial charge in [0.1, 0.15) is 0 Å². The van der Waals surface area contributed by atoms with Gasteiger partial charge in [0.25, 0.3) is 0 Å². The Morgan fingerprint density at radius 2 is 2.11 bits per heavy atom. The number of rotatable bonds is 1. The van der Waals surface area contributed by atoms with E-state index in [0.29, 0.717) is 5.41 Å². The van der Waals surface area contributed by atoms with Crippen LogP contribution in [-0.4, -0.2) is 19.6 Å². The lowest BCUT2D eigenvalue weighted by molar-refractivity contribution is 0.544. The normalized spacial score (nSPS) is 24.9. The molecule has 1 aromatic rings. The van der Waals surface area contributed by atoms with Gasteiger partial charge in [0, 0.05) is 37.3 Å². The lowest BCUT2D eigenvalue weighted by Crippen LogP contribution is -2.32. The SMILES string of the molecule is CC1(C)CN2CCNCc3cc(C4CC4)cc1c32. The van der Waals surface area contributed by atoms with E-state index in [9.17, 15) is 0 Å². The molecule has 0 bridgehead atoms. The smallest absolute Gasteiger partial charge is 0.0451 e. The fraction of sp³-hybridized carbons (Fsp3) is 0.625. The van der Waals surface area contributed by atoms with Gasteiger partial charge in [-0.05, 0) is 35.4 Å². The van der Waals surface area contributed by atoms with Crippen LogP contribution in [0.25, 0.3) is 0 Å². The lowest BCUT2D eigenvalue weighted by atomic mass is 9.84. The Kier molecular flexibility index (Phi) is 2.12. The number of hydrogen-bond acceptors (Lipinski definition) is 2. The van der Waals surface area contributed by atoms with Crippen LogP contribution in [0, 0.1) is 0 Å². The summed E-state index contributed by atoms with van der Waals surface area (Å²) in [5, 5.41) is 3.57. The molecular weight excluding hydrogens is 220 g/mol. The second kappa shape index (κ2) is 3.51. The topological polar surface area (TPSA) is 15.3 Å². The van der Waals surface area contributed by atoms with Crippen molar-refractivity contribution in [1.29, 1.82) is 0 Å². The third-order valence-corrected chi connectivity index (χ3v) is 4.77. The maximum atomic E-state index is 3.57. The third kappa shape index (κ3) is 1.51. The Morgan fingerprint density at radius 1 is 1.28 bits per heavy atom. The minimum atomic E-state index is 0.326. The zero-order valence-electron chi connectivity index (χ0n) is 11.4. The van der Waals surface area contributed by atoms with Crippen molar-refractivity contribution in [3.63, 3.8) is 0 Å². The van der Waals surface area contributed by atoms with Gasteiger partial charge in [-0.15, -0.1) is 0 Å². The molecule has 1 N–H and O–H groups in total. The maximum absolute atomic E-state index is 3.57. The molecule has 2 aliphatic heterocycles. The first-order valence-corrected chi connectivity index (χ1v) is 7.28. The summed E-state index contributed by atoms with van der Waals surface area (Å²) in [5.74, 6) is 0.861. The molecule has 0 amide bonds. The lowest BCUT2D eigenvalue weighted by Gasteiger charge is -2.21. The van der Waals surface area contributed by atoms with Crippen molar-refractivity contribution in [3.05, 3.63) is 28.8 Å². The summed E-state index contributed by atoms with van der Waals surface area (Å²) >= 11 is 0. The molecule has 0 aromatic heterocycles. The second-order valence-electron chi connectivity index (χ2n) is 6.83. The summed E-state index contributed by atoms with van der Waals surface area (Å²) in [6.45, 7) is 9.32. The van der Waals surface area contributed by atoms with Crippen molar-refractivity contribution < 1.29 is 0 Å². The molecule has 2 heterocycles. The fourth-order valence-corrected chi connectivity index (χ4v) is 3.66. The third-order valence-electron chi connectivity index (χ3n) is 4.77. The van der Waals surface area contributed by atoms with Gasteiger partial charge >= 0.3 is 0 Å². The highest BCUT2D eigenvalue weighted by atomic mass is 15.2. The van der Waals surface area contributed by atoms with Crippen molar-refractivity contribution in [3.8, 4) is 0 Å². The molecule has 96 valence electrons. The van der Waals surface area contributed by atoms with Gasteiger partial charge in [-0.25, -0.2) is 0 Å². The van der Waals surface area contributed by atoms with Crippen molar-refractivity contribution in [2.45, 2.75) is 44.6 Å². The van der Waals surface area contributed by atoms with E-state index in [0.717, 1.165) is 25.6 Å². The van der Waals surface area contributed by atoms with E-state index in [2.05, 4.69) is 36.2 Å². The van der Waals surface area contributed by atoms with E-state index in [1.165, 1.54) is 24.9 Å². The summed E-state index contributed by atoms with van der Waals surface area (Å²) < 4.78 is 0. The first-order valence-electron chi connectivity index (χ1n) is 7.28. The first kappa shape index (κ1) is 10.9. The molecule has 0 spiro atoms. The highest BCUT2D eigenvalue weighted by Crippen LogP contribution is 2.48. The minimum absolute atomic E-state index is 0.326. The second-order valence-corrected chi connectivity index (χ2v) is 6.83. The van der Waals surface area contributed by atoms with Crippen molar-refractivity contribution in [2.75, 3.05) is 24.5 Å². The van der Waals surface area contributed by atoms with Gasteiger partial charge in [0.05, 0.1) is 0 Å². The summed E-state index contributed by atoms with van der Waals surface area (Å²) in [7, 11) is 0. The van der Waals surface area contributed by atoms with Crippen LogP contribution in [0.2, 0.25) is 0 Å². The van der Waals surface area contributed by atoms with Crippen LogP contribution < -0.4 is 10.2 Å². The van der Waals surface area contributed by atoms with Crippen LogP contribution in [0.15, 0.2) is 12.1 Å². The summed E-state index contributed by atoms with van der Waals surface area (Å²) in [6.07, 6.45) is 2.80. The van der Waals surface area contributed by atoms with Crippen molar-refractivity contribution in [2.24, 2.45) is 0 Å². The first-order chi connectivity index (χ1) is 8.65. The van der Waals surface area contributed by atoms with Gasteiger partial charge in [0.2, 0.25) is 0 Å². The Bertz CT molecular complexity index is 500. The average molecular weight is 242 g/mol. The molecule has 1 aromatic carbocycles. The Balaban J connectivity index is 1.92. The van der Waals surface area contributed by atoms with Crippen LogP contribution in [-0.2, 0) is 12.0 Å². The predicted molar refractivity (Wildman–Crippen MR) is 75.4 cm³/mol. The number of nitrogens with one attached hydrogen (secondary N) is 1. The Morgan fingerprint density at radius 3 is 2.89 bits per heavy atom. The van der Waals surface area contributed by atoms with E-state index in [1.54, 1.807) is 16.8 Å². The fourth-order valence-electron chi connectivity index (χ4n) is 3.66. The van der Waals surface area contributed by atoms with Crippen molar-refractivity contribution in [1.82, 2.24) is 5.32 Å². The van der Waals surface area contributed by atoms with E-state index < -0.39 is 0 Å². The Labute approximate surface area is 109 Å². The number of anilines is 1. The highest BCUT2D eigenvalue weighted by Gasteiger charge is 2.38. The van der Waals surface area contributed by atoms with Crippen LogP contribution in [0.3, 0.4) is 0 Å². The number of hydrogen-bond donors (Lipinski definition) is 1. The monoisotopic (exact) mass is 242 g/mol. The zero-order chi connectivity index (χ0) is 12.3. The molecule has 3 aliphatic rings. The molecule has 0 atom stereocenters. The Hall–Kier alpha value is -1.02. The molecule has 1 fully saturated rings. The molecule has 0 saturated heterocycles. The van der Waals surface area contributed by atoms with Crippen LogP contribution in [0.4, 0.5) is 5.69 Å². The summed E-state index contributed by atoms with van der Waals surface area (Å²) in [6, 6.07) is 4.99. The number of nitrogens with zero attached hydrogens (tertiary/aromatic N) is 1. The van der Waals surface area contributed by atoms with E-state index >= 15 is 0 Å². The molecule has 1 saturated carbocycles. The molecule has 2 heteroatoms. The maximum Gasteiger partial charge on any atom is 0.0451 e. The van der Waals surface area contributed by atoms with Gasteiger partial charge in [-0.2, -0.15) is 0 Å². The average Bonchev–Trinajstić information content (AvgIpc) is 3.12. The minimum Gasteiger partial charge on any atom is -0.369 e. The van der Waals surface area contributed by atoms with Crippen LogP contribution >= 0.6 is 0 Å². The summed E-state index contributed by atoms with van der Waals surface area (Å²) in [4.78, 5) is 2.60.